The summed E-state index contributed by atoms with van der Waals surface area (Å²) >= 11 is 0. The lowest BCUT2D eigenvalue weighted by Crippen LogP contribution is -2.07. The summed E-state index contributed by atoms with van der Waals surface area (Å²) in [5.74, 6) is -0.0987. The van der Waals surface area contributed by atoms with Crippen molar-refractivity contribution in [3.63, 3.8) is 0 Å². The SMILES string of the molecule is Cc1cccc(C(=O)c2cnn(-c3ccccc3)n2)c1C. The van der Waals surface area contributed by atoms with Crippen LogP contribution in [0.1, 0.15) is 27.2 Å². The zero-order valence-corrected chi connectivity index (χ0v) is 11.9. The highest BCUT2D eigenvalue weighted by Crippen LogP contribution is 2.16. The van der Waals surface area contributed by atoms with Crippen LogP contribution in [0.5, 0.6) is 0 Å². The molecule has 0 atom stereocenters. The van der Waals surface area contributed by atoms with Crippen molar-refractivity contribution in [2.75, 3.05) is 0 Å². The molecule has 3 aromatic rings. The number of carbonyl (C=O) groups excluding carboxylic acids is 1. The number of para-hydroxylation sites is 1. The normalized spacial score (nSPS) is 10.6. The van der Waals surface area contributed by atoms with Crippen LogP contribution in [-0.2, 0) is 0 Å². The Kier molecular flexibility index (Phi) is 3.36. The molecule has 0 bridgehead atoms. The summed E-state index contributed by atoms with van der Waals surface area (Å²) < 4.78 is 0. The fourth-order valence-electron chi connectivity index (χ4n) is 2.19. The molecular weight excluding hydrogens is 262 g/mol. The van der Waals surface area contributed by atoms with E-state index in [1.165, 1.54) is 11.0 Å². The van der Waals surface area contributed by atoms with Crippen molar-refractivity contribution in [3.8, 4) is 5.69 Å². The highest BCUT2D eigenvalue weighted by atomic mass is 16.1. The number of rotatable bonds is 3. The van der Waals surface area contributed by atoms with Crippen molar-refractivity contribution in [1.82, 2.24) is 15.0 Å². The predicted molar refractivity (Wildman–Crippen MR) is 80.7 cm³/mol. The first kappa shape index (κ1) is 13.2. The van der Waals surface area contributed by atoms with E-state index in [-0.39, 0.29) is 5.78 Å². The van der Waals surface area contributed by atoms with Gasteiger partial charge in [0.15, 0.2) is 5.69 Å². The van der Waals surface area contributed by atoms with Crippen molar-refractivity contribution in [1.29, 1.82) is 0 Å². The Morgan fingerprint density at radius 2 is 1.76 bits per heavy atom. The molecule has 2 aromatic carbocycles. The predicted octanol–water partition coefficient (Wildman–Crippen LogP) is 3.12. The highest BCUT2D eigenvalue weighted by Gasteiger charge is 2.16. The standard InChI is InChI=1S/C17H15N3O/c1-12-7-6-10-15(13(12)2)17(21)16-11-18-20(19-16)14-8-4-3-5-9-14/h3-11H,1-2H3. The molecule has 0 radical (unpaired) electrons. The third kappa shape index (κ3) is 2.48. The van der Waals surface area contributed by atoms with E-state index >= 15 is 0 Å². The number of aromatic nitrogens is 3. The summed E-state index contributed by atoms with van der Waals surface area (Å²) in [6.45, 7) is 3.94. The monoisotopic (exact) mass is 277 g/mol. The van der Waals surface area contributed by atoms with Crippen LogP contribution in [0.3, 0.4) is 0 Å². The van der Waals surface area contributed by atoms with Gasteiger partial charge in [-0.25, -0.2) is 0 Å². The molecule has 1 heterocycles. The van der Waals surface area contributed by atoms with E-state index in [2.05, 4.69) is 10.2 Å². The van der Waals surface area contributed by atoms with Crippen LogP contribution < -0.4 is 0 Å². The van der Waals surface area contributed by atoms with Gasteiger partial charge < -0.3 is 0 Å². The second-order valence-electron chi connectivity index (χ2n) is 4.93. The molecule has 0 aliphatic heterocycles. The van der Waals surface area contributed by atoms with Crippen LogP contribution in [0.25, 0.3) is 5.69 Å². The Bertz CT molecular complexity index is 791. The molecule has 0 aliphatic rings. The maximum Gasteiger partial charge on any atom is 0.215 e. The van der Waals surface area contributed by atoms with Gasteiger partial charge in [-0.1, -0.05) is 36.4 Å². The van der Waals surface area contributed by atoms with Gasteiger partial charge >= 0.3 is 0 Å². The fraction of sp³-hybridized carbons (Fsp3) is 0.118. The van der Waals surface area contributed by atoms with Crippen molar-refractivity contribution in [3.05, 3.63) is 77.1 Å². The largest absolute Gasteiger partial charge is 0.287 e. The van der Waals surface area contributed by atoms with Gasteiger partial charge in [0.1, 0.15) is 0 Å². The average Bonchev–Trinajstić information content (AvgIpc) is 3.00. The molecule has 104 valence electrons. The van der Waals surface area contributed by atoms with Gasteiger partial charge in [0.25, 0.3) is 0 Å². The topological polar surface area (TPSA) is 47.8 Å². The molecule has 0 spiro atoms. The molecule has 3 rings (SSSR count). The van der Waals surface area contributed by atoms with E-state index < -0.39 is 0 Å². The minimum absolute atomic E-state index is 0.0987. The maximum absolute atomic E-state index is 12.5. The number of benzene rings is 2. The van der Waals surface area contributed by atoms with E-state index in [0.717, 1.165) is 16.8 Å². The summed E-state index contributed by atoms with van der Waals surface area (Å²) in [6, 6.07) is 15.2. The Balaban J connectivity index is 1.97. The average molecular weight is 277 g/mol. The molecule has 0 fully saturated rings. The molecule has 0 saturated carbocycles. The van der Waals surface area contributed by atoms with Crippen LogP contribution in [0.2, 0.25) is 0 Å². The van der Waals surface area contributed by atoms with E-state index in [0.29, 0.717) is 11.3 Å². The quantitative estimate of drug-likeness (QED) is 0.691. The Morgan fingerprint density at radius 1 is 1.00 bits per heavy atom. The number of nitrogens with zero attached hydrogens (tertiary/aromatic N) is 3. The highest BCUT2D eigenvalue weighted by molar-refractivity contribution is 6.08. The van der Waals surface area contributed by atoms with Crippen LogP contribution in [0.4, 0.5) is 0 Å². The summed E-state index contributed by atoms with van der Waals surface area (Å²) in [7, 11) is 0. The molecular formula is C17H15N3O. The van der Waals surface area contributed by atoms with E-state index in [1.54, 1.807) is 0 Å². The Morgan fingerprint density at radius 3 is 2.52 bits per heavy atom. The lowest BCUT2D eigenvalue weighted by Gasteiger charge is -2.05. The van der Waals surface area contributed by atoms with Gasteiger partial charge in [-0.2, -0.15) is 9.90 Å². The van der Waals surface area contributed by atoms with Gasteiger partial charge in [0.2, 0.25) is 5.78 Å². The lowest BCUT2D eigenvalue weighted by molar-refractivity contribution is 0.103. The van der Waals surface area contributed by atoms with Gasteiger partial charge in [-0.3, -0.25) is 4.79 Å². The Labute approximate surface area is 123 Å². The van der Waals surface area contributed by atoms with E-state index in [9.17, 15) is 4.79 Å². The molecule has 0 N–H and O–H groups in total. The molecule has 4 nitrogen and oxygen atoms in total. The number of carbonyl (C=O) groups is 1. The van der Waals surface area contributed by atoms with Crippen LogP contribution in [0.15, 0.2) is 54.7 Å². The van der Waals surface area contributed by atoms with Crippen molar-refractivity contribution in [2.24, 2.45) is 0 Å². The number of ketones is 1. The molecule has 1 aromatic heterocycles. The summed E-state index contributed by atoms with van der Waals surface area (Å²) in [4.78, 5) is 14.0. The summed E-state index contributed by atoms with van der Waals surface area (Å²) in [6.07, 6.45) is 1.51. The third-order valence-corrected chi connectivity index (χ3v) is 3.56. The molecule has 4 heteroatoms. The van der Waals surface area contributed by atoms with Crippen molar-refractivity contribution in [2.45, 2.75) is 13.8 Å². The van der Waals surface area contributed by atoms with E-state index in [4.69, 9.17) is 0 Å². The van der Waals surface area contributed by atoms with E-state index in [1.807, 2.05) is 62.4 Å². The van der Waals surface area contributed by atoms with Gasteiger partial charge in [0, 0.05) is 5.56 Å². The molecule has 0 amide bonds. The maximum atomic E-state index is 12.5. The van der Waals surface area contributed by atoms with Crippen LogP contribution in [0, 0.1) is 13.8 Å². The second kappa shape index (κ2) is 5.32. The summed E-state index contributed by atoms with van der Waals surface area (Å²) in [5, 5.41) is 8.45. The number of hydrogen-bond donors (Lipinski definition) is 0. The molecule has 0 saturated heterocycles. The zero-order valence-electron chi connectivity index (χ0n) is 11.9. The van der Waals surface area contributed by atoms with Crippen molar-refractivity contribution < 1.29 is 4.79 Å². The first-order valence-corrected chi connectivity index (χ1v) is 6.75. The Hall–Kier alpha value is -2.75. The molecule has 0 aliphatic carbocycles. The number of aryl methyl sites for hydroxylation is 1. The first-order valence-electron chi connectivity index (χ1n) is 6.75. The molecule has 0 unspecified atom stereocenters. The van der Waals surface area contributed by atoms with Gasteiger partial charge in [-0.15, -0.1) is 5.10 Å². The summed E-state index contributed by atoms with van der Waals surface area (Å²) in [5.41, 5.74) is 3.94. The minimum atomic E-state index is -0.0987. The first-order chi connectivity index (χ1) is 10.2. The third-order valence-electron chi connectivity index (χ3n) is 3.56. The van der Waals surface area contributed by atoms with Gasteiger partial charge in [-0.05, 0) is 37.1 Å². The smallest absolute Gasteiger partial charge is 0.215 e. The fourth-order valence-corrected chi connectivity index (χ4v) is 2.19. The second-order valence-corrected chi connectivity index (χ2v) is 4.93. The van der Waals surface area contributed by atoms with Crippen LogP contribution in [-0.4, -0.2) is 20.8 Å². The van der Waals surface area contributed by atoms with Crippen molar-refractivity contribution >= 4 is 5.78 Å². The van der Waals surface area contributed by atoms with Crippen LogP contribution >= 0.6 is 0 Å². The molecule has 21 heavy (non-hydrogen) atoms. The lowest BCUT2D eigenvalue weighted by atomic mass is 9.99. The number of hydrogen-bond acceptors (Lipinski definition) is 3. The van der Waals surface area contributed by atoms with Gasteiger partial charge in [0.05, 0.1) is 11.9 Å². The zero-order chi connectivity index (χ0) is 14.8. The minimum Gasteiger partial charge on any atom is -0.287 e.